The molecule has 0 radical (unpaired) electrons. The number of esters is 1. The topological polar surface area (TPSA) is 95.9 Å². The minimum absolute atomic E-state index is 0.0249. The molecule has 0 heterocycles. The molecule has 114 valence electrons. The van der Waals surface area contributed by atoms with E-state index in [1.54, 1.807) is 24.3 Å². The van der Waals surface area contributed by atoms with Crippen LogP contribution in [0.4, 0.5) is 10.5 Å². The molecule has 1 aromatic rings. The van der Waals surface area contributed by atoms with Crippen molar-refractivity contribution in [2.24, 2.45) is 0 Å². The van der Waals surface area contributed by atoms with E-state index in [4.69, 9.17) is 5.11 Å². The maximum Gasteiger partial charge on any atom is 0.323 e. The van der Waals surface area contributed by atoms with E-state index >= 15 is 0 Å². The summed E-state index contributed by atoms with van der Waals surface area (Å²) >= 11 is 0. The second-order valence-corrected chi connectivity index (χ2v) is 4.37. The Hall–Kier alpha value is -2.57. The molecule has 0 aliphatic heterocycles. The van der Waals surface area contributed by atoms with Gasteiger partial charge in [0.05, 0.1) is 13.5 Å². The van der Waals surface area contributed by atoms with Gasteiger partial charge in [-0.05, 0) is 19.1 Å². The van der Waals surface area contributed by atoms with E-state index in [1.807, 2.05) is 6.92 Å². The van der Waals surface area contributed by atoms with Crippen LogP contribution in [0.2, 0.25) is 0 Å². The highest BCUT2D eigenvalue weighted by Crippen LogP contribution is 2.15. The molecule has 1 rings (SSSR count). The lowest BCUT2D eigenvalue weighted by molar-refractivity contribution is -0.140. The van der Waals surface area contributed by atoms with Crippen molar-refractivity contribution in [2.45, 2.75) is 13.3 Å². The van der Waals surface area contributed by atoms with E-state index in [1.165, 1.54) is 7.11 Å². The van der Waals surface area contributed by atoms with Gasteiger partial charge < -0.3 is 15.2 Å². The zero-order chi connectivity index (χ0) is 15.8. The molecule has 0 atom stereocenters. The summed E-state index contributed by atoms with van der Waals surface area (Å²) in [5, 5.41) is 11.4. The Kier molecular flexibility index (Phi) is 6.19. The Morgan fingerprint density at radius 3 is 2.38 bits per heavy atom. The lowest BCUT2D eigenvalue weighted by Crippen LogP contribution is -2.43. The van der Waals surface area contributed by atoms with Gasteiger partial charge in [0.2, 0.25) is 0 Å². The van der Waals surface area contributed by atoms with E-state index in [-0.39, 0.29) is 13.0 Å². The summed E-state index contributed by atoms with van der Waals surface area (Å²) in [4.78, 5) is 35.0. The van der Waals surface area contributed by atoms with E-state index < -0.39 is 24.5 Å². The SMILES string of the molecule is COC(=O)CCNC(=O)N(CC(=O)O)c1ccc(C)cc1. The van der Waals surface area contributed by atoms with Crippen molar-refractivity contribution in [3.8, 4) is 0 Å². The number of methoxy groups -OCH3 is 1. The third-order valence-electron chi connectivity index (χ3n) is 2.72. The Morgan fingerprint density at radius 1 is 1.24 bits per heavy atom. The number of nitrogens with one attached hydrogen (secondary N) is 1. The van der Waals surface area contributed by atoms with Crippen molar-refractivity contribution < 1.29 is 24.2 Å². The molecule has 0 saturated carbocycles. The van der Waals surface area contributed by atoms with Gasteiger partial charge in [-0.15, -0.1) is 0 Å². The largest absolute Gasteiger partial charge is 0.480 e. The number of amides is 2. The van der Waals surface area contributed by atoms with E-state index in [9.17, 15) is 14.4 Å². The quantitative estimate of drug-likeness (QED) is 0.767. The van der Waals surface area contributed by atoms with Gasteiger partial charge in [0.25, 0.3) is 0 Å². The summed E-state index contributed by atoms with van der Waals surface area (Å²) in [7, 11) is 1.26. The molecule has 0 unspecified atom stereocenters. The zero-order valence-electron chi connectivity index (χ0n) is 12.0. The van der Waals surface area contributed by atoms with Crippen molar-refractivity contribution in [2.75, 3.05) is 25.1 Å². The molecule has 0 aliphatic carbocycles. The molecule has 7 nitrogen and oxygen atoms in total. The second-order valence-electron chi connectivity index (χ2n) is 4.37. The number of aliphatic carboxylic acids is 1. The second kappa shape index (κ2) is 7.88. The van der Waals surface area contributed by atoms with E-state index in [2.05, 4.69) is 10.1 Å². The van der Waals surface area contributed by atoms with Crippen LogP contribution < -0.4 is 10.2 Å². The monoisotopic (exact) mass is 294 g/mol. The Labute approximate surface area is 122 Å². The predicted molar refractivity (Wildman–Crippen MR) is 76.2 cm³/mol. The van der Waals surface area contributed by atoms with Crippen molar-refractivity contribution >= 4 is 23.7 Å². The van der Waals surface area contributed by atoms with Crippen LogP contribution in [0.5, 0.6) is 0 Å². The van der Waals surface area contributed by atoms with Gasteiger partial charge in [-0.1, -0.05) is 17.7 Å². The number of carboxylic acids is 1. The van der Waals surface area contributed by atoms with Gasteiger partial charge in [0.1, 0.15) is 6.54 Å². The average Bonchev–Trinajstić information content (AvgIpc) is 2.45. The number of carboxylic acid groups (broad SMARTS) is 1. The minimum Gasteiger partial charge on any atom is -0.480 e. The molecule has 21 heavy (non-hydrogen) atoms. The van der Waals surface area contributed by atoms with Crippen molar-refractivity contribution in [1.29, 1.82) is 0 Å². The van der Waals surface area contributed by atoms with Crippen LogP contribution in [0, 0.1) is 6.92 Å². The number of hydrogen-bond donors (Lipinski definition) is 2. The molecule has 0 aromatic heterocycles. The van der Waals surface area contributed by atoms with Crippen molar-refractivity contribution in [1.82, 2.24) is 5.32 Å². The number of ether oxygens (including phenoxy) is 1. The van der Waals surface area contributed by atoms with Crippen molar-refractivity contribution in [3.63, 3.8) is 0 Å². The first-order valence-electron chi connectivity index (χ1n) is 6.34. The molecule has 2 amide bonds. The van der Waals surface area contributed by atoms with Crippen molar-refractivity contribution in [3.05, 3.63) is 29.8 Å². The lowest BCUT2D eigenvalue weighted by atomic mass is 10.2. The molecule has 0 spiro atoms. The summed E-state index contributed by atoms with van der Waals surface area (Å²) < 4.78 is 4.46. The molecule has 0 fully saturated rings. The lowest BCUT2D eigenvalue weighted by Gasteiger charge is -2.21. The normalized spacial score (nSPS) is 9.81. The zero-order valence-corrected chi connectivity index (χ0v) is 12.0. The predicted octanol–water partition coefficient (Wildman–Crippen LogP) is 1.16. The summed E-state index contributed by atoms with van der Waals surface area (Å²) in [6.07, 6.45) is 0.0249. The van der Waals surface area contributed by atoms with Gasteiger partial charge in [-0.3, -0.25) is 14.5 Å². The maximum absolute atomic E-state index is 12.0. The Bertz CT molecular complexity index is 513. The first-order chi connectivity index (χ1) is 9.93. The number of carbonyl (C=O) groups is 3. The first kappa shape index (κ1) is 16.5. The summed E-state index contributed by atoms with van der Waals surface area (Å²) in [6.45, 7) is 1.50. The average molecular weight is 294 g/mol. The molecular weight excluding hydrogens is 276 g/mol. The number of anilines is 1. The van der Waals surface area contributed by atoms with Gasteiger partial charge in [0.15, 0.2) is 0 Å². The molecule has 2 N–H and O–H groups in total. The molecule has 1 aromatic carbocycles. The van der Waals surface area contributed by atoms with E-state index in [0.29, 0.717) is 5.69 Å². The number of benzene rings is 1. The maximum atomic E-state index is 12.0. The fourth-order valence-electron chi connectivity index (χ4n) is 1.61. The van der Waals surface area contributed by atoms with Gasteiger partial charge in [-0.25, -0.2) is 4.79 Å². The summed E-state index contributed by atoms with van der Waals surface area (Å²) in [6, 6.07) is 6.32. The highest BCUT2D eigenvalue weighted by molar-refractivity contribution is 5.96. The number of urea groups is 1. The number of nitrogens with zero attached hydrogens (tertiary/aromatic N) is 1. The van der Waals surface area contributed by atoms with Crippen LogP contribution >= 0.6 is 0 Å². The highest BCUT2D eigenvalue weighted by atomic mass is 16.5. The molecule has 0 aliphatic rings. The Morgan fingerprint density at radius 2 is 1.86 bits per heavy atom. The number of hydrogen-bond acceptors (Lipinski definition) is 4. The standard InChI is InChI=1S/C14H18N2O5/c1-10-3-5-11(6-4-10)16(9-12(17)18)14(20)15-8-7-13(19)21-2/h3-6H,7-9H2,1-2H3,(H,15,20)(H,17,18). The molecule has 0 bridgehead atoms. The number of aryl methyl sites for hydroxylation is 1. The number of carbonyl (C=O) groups excluding carboxylic acids is 2. The van der Waals surface area contributed by atoms with Crippen LogP contribution in [0.15, 0.2) is 24.3 Å². The first-order valence-corrected chi connectivity index (χ1v) is 6.34. The third kappa shape index (κ3) is 5.52. The van der Waals surface area contributed by atoms with Crippen LogP contribution in [0.1, 0.15) is 12.0 Å². The van der Waals surface area contributed by atoms with E-state index in [0.717, 1.165) is 10.5 Å². The van der Waals surface area contributed by atoms with Crippen LogP contribution in [-0.2, 0) is 14.3 Å². The smallest absolute Gasteiger partial charge is 0.323 e. The van der Waals surface area contributed by atoms with Gasteiger partial charge in [-0.2, -0.15) is 0 Å². The van der Waals surface area contributed by atoms with Crippen LogP contribution in [0.25, 0.3) is 0 Å². The molecule has 0 saturated heterocycles. The minimum atomic E-state index is -1.13. The molecular formula is C14H18N2O5. The highest BCUT2D eigenvalue weighted by Gasteiger charge is 2.18. The summed E-state index contributed by atoms with van der Waals surface area (Å²) in [5.41, 5.74) is 1.47. The fourth-order valence-corrected chi connectivity index (χ4v) is 1.61. The van der Waals surface area contributed by atoms with Crippen LogP contribution in [-0.4, -0.2) is 43.3 Å². The third-order valence-corrected chi connectivity index (χ3v) is 2.72. The summed E-state index contributed by atoms with van der Waals surface area (Å²) in [5.74, 6) is -1.57. The fraction of sp³-hybridized carbons (Fsp3) is 0.357. The molecule has 7 heteroatoms. The van der Waals surface area contributed by atoms with Gasteiger partial charge >= 0.3 is 18.0 Å². The van der Waals surface area contributed by atoms with Gasteiger partial charge in [0, 0.05) is 12.2 Å². The number of rotatable bonds is 6. The Balaban J connectivity index is 2.72. The van der Waals surface area contributed by atoms with Crippen LogP contribution in [0.3, 0.4) is 0 Å².